The highest BCUT2D eigenvalue weighted by atomic mass is 31.2. The summed E-state index contributed by atoms with van der Waals surface area (Å²) in [4.78, 5) is 0. The van der Waals surface area contributed by atoms with Crippen LogP contribution in [0.5, 0.6) is 0 Å². The van der Waals surface area contributed by atoms with E-state index in [4.69, 9.17) is 13.8 Å². The molecule has 0 aliphatic carbocycles. The highest BCUT2D eigenvalue weighted by molar-refractivity contribution is 7.58. The summed E-state index contributed by atoms with van der Waals surface area (Å²) in [6, 6.07) is 18.1. The smallest absolute Gasteiger partial charge is 0.364 e. The van der Waals surface area contributed by atoms with Crippen LogP contribution in [0.4, 0.5) is 0 Å². The van der Waals surface area contributed by atoms with Crippen LogP contribution in [-0.4, -0.2) is 24.9 Å². The minimum Gasteiger partial charge on any atom is -0.501 e. The third-order valence-corrected chi connectivity index (χ3v) is 6.22. The molecule has 0 saturated heterocycles. The summed E-state index contributed by atoms with van der Waals surface area (Å²) in [5, 5.41) is 12.0. The fourth-order valence-corrected chi connectivity index (χ4v) is 4.74. The van der Waals surface area contributed by atoms with E-state index in [1.165, 1.54) is 6.26 Å². The van der Waals surface area contributed by atoms with Gasteiger partial charge in [0.25, 0.3) is 0 Å². The molecule has 2 aromatic carbocycles. The summed E-state index contributed by atoms with van der Waals surface area (Å²) >= 11 is 0. The third-order valence-electron chi connectivity index (χ3n) is 4.01. The molecule has 0 heterocycles. The average Bonchev–Trinajstić information content (AvgIpc) is 2.69. The molecule has 0 unspecified atom stereocenters. The number of rotatable bonds is 10. The van der Waals surface area contributed by atoms with Gasteiger partial charge >= 0.3 is 7.60 Å². The Hall–Kier alpha value is -1.91. The average molecular weight is 390 g/mol. The Balaban J connectivity index is 2.77. The Labute approximate surface area is 161 Å². The first-order valence-corrected chi connectivity index (χ1v) is 10.6. The summed E-state index contributed by atoms with van der Waals surface area (Å²) in [6.07, 6.45) is 1.31. The molecule has 146 valence electrons. The number of aliphatic hydroxyl groups is 1. The highest BCUT2D eigenvalue weighted by Crippen LogP contribution is 2.63. The largest absolute Gasteiger partial charge is 0.501 e. The van der Waals surface area contributed by atoms with Gasteiger partial charge in [-0.3, -0.25) is 4.57 Å². The molecule has 0 spiro atoms. The predicted octanol–water partition coefficient (Wildman–Crippen LogP) is 5.07. The Kier molecular flexibility index (Phi) is 7.81. The van der Waals surface area contributed by atoms with Gasteiger partial charge in [0.05, 0.1) is 26.1 Å². The molecule has 0 saturated carbocycles. The van der Waals surface area contributed by atoms with Crippen LogP contribution < -0.4 is 0 Å². The minimum atomic E-state index is -3.83. The third kappa shape index (κ3) is 4.69. The normalized spacial score (nSPS) is 12.8. The number of benzene rings is 2. The lowest BCUT2D eigenvalue weighted by atomic mass is 9.86. The van der Waals surface area contributed by atoms with Crippen LogP contribution in [-0.2, 0) is 24.0 Å². The molecule has 0 aromatic heterocycles. The van der Waals surface area contributed by atoms with Gasteiger partial charge in [0.1, 0.15) is 5.31 Å². The molecule has 0 aliphatic heterocycles. The van der Waals surface area contributed by atoms with E-state index in [0.717, 1.165) is 0 Å². The molecule has 0 fully saturated rings. The molecular weight excluding hydrogens is 363 g/mol. The fraction of sp³-hybridized carbons (Fsp3) is 0.333. The summed E-state index contributed by atoms with van der Waals surface area (Å²) in [7, 11) is -3.83. The van der Waals surface area contributed by atoms with Gasteiger partial charge < -0.3 is 18.9 Å². The van der Waals surface area contributed by atoms with Gasteiger partial charge in [-0.15, -0.1) is 0 Å². The van der Waals surface area contributed by atoms with Crippen molar-refractivity contribution in [2.45, 2.75) is 26.4 Å². The first-order chi connectivity index (χ1) is 13.0. The monoisotopic (exact) mass is 390 g/mol. The van der Waals surface area contributed by atoms with E-state index in [9.17, 15) is 9.67 Å². The number of hydrogen-bond acceptors (Lipinski definition) is 5. The van der Waals surface area contributed by atoms with E-state index in [1.807, 2.05) is 43.3 Å². The summed E-state index contributed by atoms with van der Waals surface area (Å²) in [5.41, 5.74) is -0.652. The van der Waals surface area contributed by atoms with Crippen molar-refractivity contribution in [3.63, 3.8) is 0 Å². The van der Waals surface area contributed by atoms with Gasteiger partial charge in [0.15, 0.2) is 5.60 Å². The first kappa shape index (κ1) is 21.4. The summed E-state index contributed by atoms with van der Waals surface area (Å²) in [6.45, 7) is 5.95. The van der Waals surface area contributed by atoms with Gasteiger partial charge in [0, 0.05) is 0 Å². The predicted molar refractivity (Wildman–Crippen MR) is 106 cm³/mol. The fourth-order valence-electron chi connectivity index (χ4n) is 2.85. The molecular formula is C21H27O5P. The van der Waals surface area contributed by atoms with Crippen LogP contribution in [0.15, 0.2) is 72.2 Å². The van der Waals surface area contributed by atoms with Crippen molar-refractivity contribution in [1.29, 1.82) is 0 Å². The standard InChI is InChI=1S/C21H27O5P/c1-4-24-17-20(27(23,25-5-2)26-6-3)21(22,18-13-9-7-10-14-18)19-15-11-8-12-16-19/h7-17,22H,4-6H2,1-3H3/b20-17+. The van der Waals surface area contributed by atoms with Crippen LogP contribution in [0.3, 0.4) is 0 Å². The van der Waals surface area contributed by atoms with Crippen molar-refractivity contribution in [2.75, 3.05) is 19.8 Å². The maximum Gasteiger partial charge on any atom is 0.364 e. The van der Waals surface area contributed by atoms with Gasteiger partial charge in [0.2, 0.25) is 0 Å². The van der Waals surface area contributed by atoms with E-state index in [2.05, 4.69) is 0 Å². The summed E-state index contributed by atoms with van der Waals surface area (Å²) < 4.78 is 30.2. The molecule has 2 rings (SSSR count). The zero-order valence-electron chi connectivity index (χ0n) is 16.0. The lowest BCUT2D eigenvalue weighted by molar-refractivity contribution is 0.112. The summed E-state index contributed by atoms with van der Waals surface area (Å²) in [5.74, 6) is 0. The second kappa shape index (κ2) is 9.86. The molecule has 6 heteroatoms. The van der Waals surface area contributed by atoms with E-state index in [1.54, 1.807) is 38.1 Å². The molecule has 0 atom stereocenters. The number of hydrogen-bond donors (Lipinski definition) is 1. The van der Waals surface area contributed by atoms with Crippen molar-refractivity contribution in [1.82, 2.24) is 0 Å². The topological polar surface area (TPSA) is 65.0 Å². The Morgan fingerprint density at radius 3 is 1.70 bits per heavy atom. The number of ether oxygens (including phenoxy) is 1. The van der Waals surface area contributed by atoms with Crippen molar-refractivity contribution in [3.8, 4) is 0 Å². The molecule has 5 nitrogen and oxygen atoms in total. The van der Waals surface area contributed by atoms with E-state index in [0.29, 0.717) is 17.7 Å². The van der Waals surface area contributed by atoms with Crippen LogP contribution in [0.1, 0.15) is 31.9 Å². The van der Waals surface area contributed by atoms with Crippen LogP contribution in [0, 0.1) is 0 Å². The molecule has 27 heavy (non-hydrogen) atoms. The highest BCUT2D eigenvalue weighted by Gasteiger charge is 2.47. The first-order valence-electron chi connectivity index (χ1n) is 9.08. The van der Waals surface area contributed by atoms with Crippen molar-refractivity contribution < 1.29 is 23.5 Å². The Morgan fingerprint density at radius 1 is 0.889 bits per heavy atom. The van der Waals surface area contributed by atoms with Gasteiger partial charge in [-0.25, -0.2) is 0 Å². The molecule has 0 aliphatic rings. The van der Waals surface area contributed by atoms with Crippen molar-refractivity contribution in [2.24, 2.45) is 0 Å². The maximum atomic E-state index is 13.7. The Morgan fingerprint density at radius 2 is 1.33 bits per heavy atom. The van der Waals surface area contributed by atoms with E-state index >= 15 is 0 Å². The lowest BCUT2D eigenvalue weighted by Gasteiger charge is -2.34. The maximum absolute atomic E-state index is 13.7. The van der Waals surface area contributed by atoms with Crippen LogP contribution in [0.2, 0.25) is 0 Å². The van der Waals surface area contributed by atoms with Crippen molar-refractivity contribution >= 4 is 7.60 Å². The quantitative estimate of drug-likeness (QED) is 0.453. The Bertz CT molecular complexity index is 724. The molecule has 0 amide bonds. The lowest BCUT2D eigenvalue weighted by Crippen LogP contribution is -2.31. The second-order valence-corrected chi connectivity index (χ2v) is 7.73. The second-order valence-electron chi connectivity index (χ2n) is 5.73. The zero-order chi connectivity index (χ0) is 19.8. The van der Waals surface area contributed by atoms with Crippen LogP contribution >= 0.6 is 7.60 Å². The van der Waals surface area contributed by atoms with Gasteiger partial charge in [-0.05, 0) is 31.9 Å². The minimum absolute atomic E-state index is 0.0537. The van der Waals surface area contributed by atoms with Gasteiger partial charge in [-0.1, -0.05) is 60.7 Å². The molecule has 0 radical (unpaired) electrons. The molecule has 0 bridgehead atoms. The van der Waals surface area contributed by atoms with Crippen LogP contribution in [0.25, 0.3) is 0 Å². The van der Waals surface area contributed by atoms with E-state index in [-0.39, 0.29) is 18.5 Å². The van der Waals surface area contributed by atoms with E-state index < -0.39 is 13.2 Å². The zero-order valence-corrected chi connectivity index (χ0v) is 16.9. The SMILES string of the molecule is CCO/C=C(\C(O)(c1ccccc1)c1ccccc1)P(=O)(OCC)OCC. The van der Waals surface area contributed by atoms with Crippen molar-refractivity contribution in [3.05, 3.63) is 83.4 Å². The van der Waals surface area contributed by atoms with Gasteiger partial charge in [-0.2, -0.15) is 0 Å². The molecule has 2 aromatic rings. The molecule has 1 N–H and O–H groups in total.